The SMILES string of the molecule is N#Cc1cc(C(F)(F)F)ccc1S(=O)(=O)N1CC(Oc2ccc(F)c(C(F)(F)F)c2)[C@](O)(CO)C1. The first-order chi connectivity index (χ1) is 16.0. The molecule has 1 heterocycles. The molecule has 190 valence electrons. The largest absolute Gasteiger partial charge is 0.486 e. The van der Waals surface area contributed by atoms with Crippen LogP contribution in [-0.2, 0) is 22.4 Å². The lowest BCUT2D eigenvalue weighted by molar-refractivity contribution is -0.140. The number of aliphatic hydroxyl groups is 2. The lowest BCUT2D eigenvalue weighted by atomic mass is 10.0. The van der Waals surface area contributed by atoms with E-state index in [1.807, 2.05) is 0 Å². The molecule has 0 radical (unpaired) electrons. The third-order valence-corrected chi connectivity index (χ3v) is 7.13. The Morgan fingerprint density at radius 1 is 1.11 bits per heavy atom. The second kappa shape index (κ2) is 8.94. The highest BCUT2D eigenvalue weighted by Crippen LogP contribution is 2.37. The number of aliphatic hydroxyl groups excluding tert-OH is 1. The number of ether oxygens (including phenoxy) is 1. The fourth-order valence-electron chi connectivity index (χ4n) is 3.43. The number of benzene rings is 2. The van der Waals surface area contributed by atoms with E-state index in [0.717, 1.165) is 6.07 Å². The van der Waals surface area contributed by atoms with Crippen LogP contribution in [0.4, 0.5) is 30.7 Å². The van der Waals surface area contributed by atoms with Crippen LogP contribution in [0.15, 0.2) is 41.3 Å². The molecule has 1 aliphatic rings. The summed E-state index contributed by atoms with van der Waals surface area (Å²) in [5.41, 5.74) is -6.16. The zero-order chi connectivity index (χ0) is 26.4. The number of halogens is 7. The number of β-amino-alcohol motifs (C(OH)–C–C–N with tert-alkyl or cyclic N) is 1. The van der Waals surface area contributed by atoms with E-state index in [2.05, 4.69) is 0 Å². The molecule has 0 bridgehead atoms. The zero-order valence-corrected chi connectivity index (χ0v) is 18.0. The van der Waals surface area contributed by atoms with Gasteiger partial charge < -0.3 is 14.9 Å². The van der Waals surface area contributed by atoms with Crippen molar-refractivity contribution in [3.05, 3.63) is 58.9 Å². The van der Waals surface area contributed by atoms with Crippen molar-refractivity contribution in [2.75, 3.05) is 19.7 Å². The molecule has 1 unspecified atom stereocenters. The number of sulfonamides is 1. The number of rotatable bonds is 5. The predicted molar refractivity (Wildman–Crippen MR) is 103 cm³/mol. The summed E-state index contributed by atoms with van der Waals surface area (Å²) in [6, 6.07) is 4.20. The van der Waals surface area contributed by atoms with Crippen LogP contribution < -0.4 is 4.74 Å². The van der Waals surface area contributed by atoms with E-state index in [1.165, 1.54) is 6.07 Å². The van der Waals surface area contributed by atoms with E-state index in [0.29, 0.717) is 28.6 Å². The Bertz CT molecular complexity index is 1270. The molecular weight excluding hydrogens is 513 g/mol. The van der Waals surface area contributed by atoms with Gasteiger partial charge in [0.1, 0.15) is 29.3 Å². The molecular formula is C20H15F7N2O5S. The zero-order valence-electron chi connectivity index (χ0n) is 17.2. The molecule has 0 spiro atoms. The summed E-state index contributed by atoms with van der Waals surface area (Å²) in [4.78, 5) is -0.824. The molecule has 35 heavy (non-hydrogen) atoms. The van der Waals surface area contributed by atoms with Gasteiger partial charge >= 0.3 is 12.4 Å². The van der Waals surface area contributed by atoms with Crippen molar-refractivity contribution in [2.45, 2.75) is 29.0 Å². The van der Waals surface area contributed by atoms with Crippen molar-refractivity contribution in [1.82, 2.24) is 4.31 Å². The molecule has 1 aliphatic heterocycles. The Morgan fingerprint density at radius 3 is 2.31 bits per heavy atom. The molecule has 15 heteroatoms. The Balaban J connectivity index is 1.95. The standard InChI is InChI=1S/C20H15F7N2O5S/c21-15-3-2-13(6-14(15)20(25,26)27)34-17-8-29(9-18(17,31)10-30)35(32,33)16-4-1-12(19(22,23)24)5-11(16)7-28/h1-6,17,30-31H,8-10H2/t17?,18-/m1/s1. The van der Waals surface area contributed by atoms with Crippen LogP contribution in [0.2, 0.25) is 0 Å². The summed E-state index contributed by atoms with van der Waals surface area (Å²) >= 11 is 0. The highest BCUT2D eigenvalue weighted by atomic mass is 32.2. The second-order valence-corrected chi connectivity index (χ2v) is 9.53. The minimum absolute atomic E-state index is 0.286. The number of alkyl halides is 6. The lowest BCUT2D eigenvalue weighted by Crippen LogP contribution is -2.48. The van der Waals surface area contributed by atoms with E-state index in [4.69, 9.17) is 4.74 Å². The molecule has 3 rings (SSSR count). The maximum Gasteiger partial charge on any atom is 0.419 e. The Morgan fingerprint density at radius 2 is 1.77 bits per heavy atom. The second-order valence-electron chi connectivity index (χ2n) is 7.63. The smallest absolute Gasteiger partial charge is 0.419 e. The summed E-state index contributed by atoms with van der Waals surface area (Å²) in [6.07, 6.45) is -11.6. The minimum atomic E-state index is -5.09. The van der Waals surface area contributed by atoms with Gasteiger partial charge in [-0.3, -0.25) is 0 Å². The van der Waals surface area contributed by atoms with Crippen molar-refractivity contribution in [3.63, 3.8) is 0 Å². The summed E-state index contributed by atoms with van der Waals surface area (Å²) in [6.45, 7) is -2.74. The van der Waals surface area contributed by atoms with Gasteiger partial charge in [0.15, 0.2) is 0 Å². The molecule has 1 saturated heterocycles. The van der Waals surface area contributed by atoms with Gasteiger partial charge in [0, 0.05) is 6.54 Å². The molecule has 0 saturated carbocycles. The van der Waals surface area contributed by atoms with E-state index in [-0.39, 0.29) is 6.07 Å². The first kappa shape index (κ1) is 26.7. The molecule has 1 fully saturated rings. The van der Waals surface area contributed by atoms with Crippen molar-refractivity contribution in [3.8, 4) is 11.8 Å². The molecule has 0 aliphatic carbocycles. The Kier molecular flexibility index (Phi) is 6.81. The van der Waals surface area contributed by atoms with Crippen LogP contribution in [0.5, 0.6) is 5.75 Å². The van der Waals surface area contributed by atoms with Crippen molar-refractivity contribution >= 4 is 10.0 Å². The van der Waals surface area contributed by atoms with Gasteiger partial charge in [-0.25, -0.2) is 12.8 Å². The summed E-state index contributed by atoms with van der Waals surface area (Å²) in [5.74, 6) is -2.20. The molecule has 2 aromatic rings. The lowest BCUT2D eigenvalue weighted by Gasteiger charge is -2.27. The van der Waals surface area contributed by atoms with E-state index in [1.54, 1.807) is 0 Å². The molecule has 2 aromatic carbocycles. The summed E-state index contributed by atoms with van der Waals surface area (Å²) < 4.78 is 123. The fraction of sp³-hybridized carbons (Fsp3) is 0.350. The van der Waals surface area contributed by atoms with Gasteiger partial charge in [-0.1, -0.05) is 0 Å². The van der Waals surface area contributed by atoms with E-state index >= 15 is 0 Å². The van der Waals surface area contributed by atoms with Gasteiger partial charge in [0.25, 0.3) is 0 Å². The number of nitrogens with zero attached hydrogens (tertiary/aromatic N) is 2. The fourth-order valence-corrected chi connectivity index (χ4v) is 5.05. The van der Waals surface area contributed by atoms with Crippen LogP contribution >= 0.6 is 0 Å². The molecule has 0 amide bonds. The van der Waals surface area contributed by atoms with Crippen LogP contribution in [0.1, 0.15) is 16.7 Å². The number of hydrogen-bond donors (Lipinski definition) is 2. The highest BCUT2D eigenvalue weighted by Gasteiger charge is 2.51. The van der Waals surface area contributed by atoms with E-state index < -0.39 is 86.9 Å². The molecule has 7 nitrogen and oxygen atoms in total. The van der Waals surface area contributed by atoms with Crippen molar-refractivity contribution in [2.24, 2.45) is 0 Å². The van der Waals surface area contributed by atoms with Crippen LogP contribution in [0, 0.1) is 17.1 Å². The van der Waals surface area contributed by atoms with Crippen LogP contribution in [-0.4, -0.2) is 54.3 Å². The average Bonchev–Trinajstić information content (AvgIpc) is 3.10. The van der Waals surface area contributed by atoms with Crippen LogP contribution in [0.3, 0.4) is 0 Å². The van der Waals surface area contributed by atoms with Gasteiger partial charge in [-0.05, 0) is 36.4 Å². The van der Waals surface area contributed by atoms with E-state index in [9.17, 15) is 54.6 Å². The van der Waals surface area contributed by atoms with Crippen molar-refractivity contribution < 1.29 is 54.1 Å². The van der Waals surface area contributed by atoms with Gasteiger partial charge in [-0.15, -0.1) is 0 Å². The number of nitriles is 1. The van der Waals surface area contributed by atoms with Gasteiger partial charge in [-0.2, -0.15) is 35.9 Å². The third kappa shape index (κ3) is 5.20. The number of hydrogen-bond acceptors (Lipinski definition) is 6. The minimum Gasteiger partial charge on any atom is -0.486 e. The normalized spacial score (nSPS) is 21.7. The average molecular weight is 528 g/mol. The van der Waals surface area contributed by atoms with Crippen molar-refractivity contribution in [1.29, 1.82) is 5.26 Å². The summed E-state index contributed by atoms with van der Waals surface area (Å²) in [7, 11) is -4.74. The quantitative estimate of drug-likeness (QED) is 0.578. The maximum absolute atomic E-state index is 13.5. The monoisotopic (exact) mass is 528 g/mol. The first-order valence-electron chi connectivity index (χ1n) is 9.51. The molecule has 2 atom stereocenters. The van der Waals surface area contributed by atoms with Gasteiger partial charge in [0.05, 0.1) is 34.7 Å². The maximum atomic E-state index is 13.5. The predicted octanol–water partition coefficient (Wildman–Crippen LogP) is 2.91. The topological polar surface area (TPSA) is 111 Å². The molecule has 2 N–H and O–H groups in total. The first-order valence-corrected chi connectivity index (χ1v) is 10.9. The summed E-state index contributed by atoms with van der Waals surface area (Å²) in [5, 5.41) is 29.5. The van der Waals surface area contributed by atoms with Crippen LogP contribution in [0.25, 0.3) is 0 Å². The highest BCUT2D eigenvalue weighted by molar-refractivity contribution is 7.89. The van der Waals surface area contributed by atoms with Gasteiger partial charge in [0.2, 0.25) is 10.0 Å². The molecule has 0 aromatic heterocycles. The Labute approximate surface area is 193 Å². The Hall–Kier alpha value is -2.93. The third-order valence-electron chi connectivity index (χ3n) is 5.26.